The molecule has 16 heteroatoms. The van der Waals surface area contributed by atoms with Crippen molar-refractivity contribution in [1.82, 2.24) is 24.6 Å². The first kappa shape index (κ1) is 30.6. The second-order valence-electron chi connectivity index (χ2n) is 10.8. The highest BCUT2D eigenvalue weighted by Gasteiger charge is 2.55. The number of aliphatic hydroxyl groups is 2. The zero-order chi connectivity index (χ0) is 30.3. The van der Waals surface area contributed by atoms with Crippen molar-refractivity contribution in [3.8, 4) is 5.75 Å². The fourth-order valence-electron chi connectivity index (χ4n) is 4.95. The number of imidazole rings is 1. The van der Waals surface area contributed by atoms with E-state index in [9.17, 15) is 19.6 Å². The minimum absolute atomic E-state index is 0.171. The maximum atomic E-state index is 14.2. The number of aromatic nitrogens is 4. The van der Waals surface area contributed by atoms with Crippen molar-refractivity contribution in [3.05, 3.63) is 41.9 Å². The molecule has 3 heterocycles. The Morgan fingerprint density at radius 3 is 2.60 bits per heavy atom. The van der Waals surface area contributed by atoms with Crippen LogP contribution in [0.3, 0.4) is 0 Å². The molecule has 2 aromatic heterocycles. The lowest BCUT2D eigenvalue weighted by molar-refractivity contribution is -0.158. The van der Waals surface area contributed by atoms with Crippen LogP contribution in [0.25, 0.3) is 11.2 Å². The fraction of sp³-hybridized carbons (Fsp3) is 0.538. The molecule has 5 rings (SSSR count). The quantitative estimate of drug-likeness (QED) is 0.181. The summed E-state index contributed by atoms with van der Waals surface area (Å²) in [7, 11) is -2.62. The maximum Gasteiger partial charge on any atom is 0.459 e. The summed E-state index contributed by atoms with van der Waals surface area (Å²) in [4.78, 5) is 25.7. The van der Waals surface area contributed by atoms with Crippen molar-refractivity contribution in [2.45, 2.75) is 75.7 Å². The minimum atomic E-state index is -4.31. The van der Waals surface area contributed by atoms with Gasteiger partial charge >= 0.3 is 13.7 Å². The van der Waals surface area contributed by atoms with Gasteiger partial charge in [0.05, 0.1) is 19.0 Å². The Labute approximate surface area is 247 Å². The number of anilines is 1. The number of aliphatic hydroxyl groups excluding tert-OH is 1. The van der Waals surface area contributed by atoms with Crippen LogP contribution >= 0.6 is 19.3 Å². The van der Waals surface area contributed by atoms with Crippen LogP contribution in [0.5, 0.6) is 5.75 Å². The van der Waals surface area contributed by atoms with E-state index in [0.717, 1.165) is 0 Å². The summed E-state index contributed by atoms with van der Waals surface area (Å²) >= 11 is 5.99. The van der Waals surface area contributed by atoms with Gasteiger partial charge in [-0.05, 0) is 64.3 Å². The van der Waals surface area contributed by atoms with E-state index in [1.807, 2.05) is 0 Å². The van der Waals surface area contributed by atoms with Crippen molar-refractivity contribution < 1.29 is 38.1 Å². The summed E-state index contributed by atoms with van der Waals surface area (Å²) in [5.74, 6) is 0.0797. The van der Waals surface area contributed by atoms with Crippen molar-refractivity contribution in [3.63, 3.8) is 0 Å². The van der Waals surface area contributed by atoms with Crippen LogP contribution in [0.1, 0.15) is 46.3 Å². The van der Waals surface area contributed by atoms with Crippen LogP contribution in [0.2, 0.25) is 5.02 Å². The summed E-state index contributed by atoms with van der Waals surface area (Å²) in [5.41, 5.74) is -2.30. The molecular weight excluding hydrogens is 591 g/mol. The molecule has 5 atom stereocenters. The number of nitrogens with zero attached hydrogens (tertiary/aromatic N) is 4. The molecule has 1 saturated carbocycles. The standard InChI is InChI=1S/C26H34ClN6O8P/c1-15(2)39-24(35)26(10-5-11-26)32-42(37,41-17-8-6-16(27)7-9-17)38-12-18-20(34)25(3,36)23(40-18)33-14-31-19-21(28-4)29-13-30-22(19)33/h6-9,13-15,18,20,23,34,36H,5,10-12H2,1-4H3,(H,32,37)(H,28,29,30)/t18?,20-,23?,25-,42?/m1/s1. The molecule has 14 nitrogen and oxygen atoms in total. The molecule has 0 spiro atoms. The van der Waals surface area contributed by atoms with Crippen molar-refractivity contribution in [2.24, 2.45) is 0 Å². The molecule has 1 aliphatic carbocycles. The molecule has 0 radical (unpaired) electrons. The minimum Gasteiger partial charge on any atom is -0.462 e. The number of hydrogen-bond acceptors (Lipinski definition) is 12. The van der Waals surface area contributed by atoms with Gasteiger partial charge in [0, 0.05) is 12.1 Å². The molecule has 2 aliphatic rings. The summed E-state index contributed by atoms with van der Waals surface area (Å²) in [6.45, 7) is 4.38. The number of fused-ring (bicyclic) bond motifs is 1. The number of carbonyl (C=O) groups excluding carboxylic acids is 1. The van der Waals surface area contributed by atoms with E-state index in [-0.39, 0.29) is 11.9 Å². The number of halogens is 1. The number of ether oxygens (including phenoxy) is 2. The van der Waals surface area contributed by atoms with Gasteiger partial charge in [0.1, 0.15) is 40.9 Å². The Bertz CT molecular complexity index is 1480. The highest BCUT2D eigenvalue weighted by Crippen LogP contribution is 2.51. The molecule has 1 aromatic carbocycles. The van der Waals surface area contributed by atoms with Crippen LogP contribution in [0.15, 0.2) is 36.9 Å². The smallest absolute Gasteiger partial charge is 0.459 e. The lowest BCUT2D eigenvalue weighted by Gasteiger charge is -2.41. The fourth-order valence-corrected chi connectivity index (χ4v) is 6.82. The lowest BCUT2D eigenvalue weighted by Crippen LogP contribution is -2.57. The normalized spacial score (nSPS) is 26.5. The molecule has 0 amide bonds. The Morgan fingerprint density at radius 2 is 1.98 bits per heavy atom. The van der Waals surface area contributed by atoms with Gasteiger partial charge in [0.25, 0.3) is 0 Å². The molecule has 1 aliphatic heterocycles. The highest BCUT2D eigenvalue weighted by atomic mass is 35.5. The third-order valence-corrected chi connectivity index (χ3v) is 9.24. The van der Waals surface area contributed by atoms with Crippen molar-refractivity contribution >= 4 is 42.3 Å². The number of nitrogens with one attached hydrogen (secondary N) is 2. The van der Waals surface area contributed by atoms with Gasteiger partial charge < -0.3 is 29.5 Å². The van der Waals surface area contributed by atoms with Crippen molar-refractivity contribution in [1.29, 1.82) is 0 Å². The van der Waals surface area contributed by atoms with Crippen LogP contribution < -0.4 is 14.9 Å². The van der Waals surface area contributed by atoms with Gasteiger partial charge in [-0.15, -0.1) is 0 Å². The summed E-state index contributed by atoms with van der Waals surface area (Å²) < 4.78 is 38.8. The predicted molar refractivity (Wildman–Crippen MR) is 152 cm³/mol. The number of esters is 1. The van der Waals surface area contributed by atoms with E-state index in [1.54, 1.807) is 33.0 Å². The molecular formula is C26H34ClN6O8P. The molecule has 228 valence electrons. The van der Waals surface area contributed by atoms with Crippen LogP contribution in [0, 0.1) is 0 Å². The number of hydrogen-bond donors (Lipinski definition) is 4. The Kier molecular flexibility index (Phi) is 8.52. The van der Waals surface area contributed by atoms with E-state index in [2.05, 4.69) is 25.4 Å². The molecule has 3 aromatic rings. The number of carbonyl (C=O) groups is 1. The maximum absolute atomic E-state index is 14.2. The molecule has 1 saturated heterocycles. The summed E-state index contributed by atoms with van der Waals surface area (Å²) in [6.07, 6.45) is 0.0379. The van der Waals surface area contributed by atoms with Crippen LogP contribution in [0.4, 0.5) is 5.82 Å². The van der Waals surface area contributed by atoms with Crippen LogP contribution in [-0.4, -0.2) is 78.8 Å². The van der Waals surface area contributed by atoms with E-state index in [0.29, 0.717) is 41.3 Å². The third-order valence-electron chi connectivity index (χ3n) is 7.34. The van der Waals surface area contributed by atoms with Gasteiger partial charge in [-0.3, -0.25) is 13.9 Å². The predicted octanol–water partition coefficient (Wildman–Crippen LogP) is 3.20. The molecule has 4 N–H and O–H groups in total. The van der Waals surface area contributed by atoms with Crippen molar-refractivity contribution in [2.75, 3.05) is 19.0 Å². The van der Waals surface area contributed by atoms with Gasteiger partial charge in [0.2, 0.25) is 0 Å². The average Bonchev–Trinajstić information content (AvgIpc) is 3.44. The summed E-state index contributed by atoms with van der Waals surface area (Å²) in [5, 5.41) is 28.6. The summed E-state index contributed by atoms with van der Waals surface area (Å²) in [6, 6.07) is 6.12. The zero-order valence-electron chi connectivity index (χ0n) is 23.6. The first-order valence-corrected chi connectivity index (χ1v) is 15.4. The van der Waals surface area contributed by atoms with Gasteiger partial charge in [-0.25, -0.2) is 19.5 Å². The molecule has 2 fully saturated rings. The number of rotatable bonds is 11. The average molecular weight is 625 g/mol. The van der Waals surface area contributed by atoms with E-state index < -0.39 is 49.9 Å². The second kappa shape index (κ2) is 11.7. The molecule has 3 unspecified atom stereocenters. The topological polar surface area (TPSA) is 179 Å². The second-order valence-corrected chi connectivity index (χ2v) is 12.9. The Balaban J connectivity index is 1.39. The first-order valence-electron chi connectivity index (χ1n) is 13.5. The zero-order valence-corrected chi connectivity index (χ0v) is 25.2. The van der Waals surface area contributed by atoms with Gasteiger partial charge in [-0.1, -0.05) is 11.6 Å². The Hall–Kier alpha value is -2.84. The van der Waals surface area contributed by atoms with Gasteiger partial charge in [-0.2, -0.15) is 5.09 Å². The van der Waals surface area contributed by atoms with E-state index in [1.165, 1.54) is 36.3 Å². The Morgan fingerprint density at radius 1 is 1.26 bits per heavy atom. The van der Waals surface area contributed by atoms with Gasteiger partial charge in [0.15, 0.2) is 17.7 Å². The van der Waals surface area contributed by atoms with Crippen LogP contribution in [-0.2, 0) is 23.4 Å². The SMILES string of the molecule is CNc1ncnc2c1ncn2C1OC(COP(=O)(NC2(C(=O)OC(C)C)CCC2)Oc2ccc(Cl)cc2)[C@@H](O)[C@@]1(C)O. The molecule has 0 bridgehead atoms. The lowest BCUT2D eigenvalue weighted by atomic mass is 9.78. The highest BCUT2D eigenvalue weighted by molar-refractivity contribution is 7.52. The largest absolute Gasteiger partial charge is 0.462 e. The number of benzene rings is 1. The van der Waals surface area contributed by atoms with E-state index >= 15 is 0 Å². The third kappa shape index (κ3) is 5.85. The molecule has 42 heavy (non-hydrogen) atoms. The van der Waals surface area contributed by atoms with E-state index in [4.69, 9.17) is 30.1 Å². The first-order chi connectivity index (χ1) is 19.9. The monoisotopic (exact) mass is 624 g/mol.